The van der Waals surface area contributed by atoms with Crippen LogP contribution in [0.15, 0.2) is 18.2 Å². The Morgan fingerprint density at radius 2 is 2.24 bits per heavy atom. The molecule has 1 aromatic carbocycles. The minimum atomic E-state index is -1.75. The SMILES string of the molecule is N#CCCc1cccc(C=O)c1C(O)C(=O)O. The molecule has 0 radical (unpaired) electrons. The fourth-order valence-electron chi connectivity index (χ4n) is 1.60. The number of aliphatic hydroxyl groups excluding tert-OH is 1. The normalized spacial score (nSPS) is 11.5. The van der Waals surface area contributed by atoms with Crippen molar-refractivity contribution in [2.75, 3.05) is 0 Å². The third-order valence-corrected chi connectivity index (χ3v) is 2.37. The van der Waals surface area contributed by atoms with Gasteiger partial charge in [-0.15, -0.1) is 0 Å². The summed E-state index contributed by atoms with van der Waals surface area (Å²) in [6.07, 6.45) is -0.748. The molecule has 0 aliphatic carbocycles. The molecule has 88 valence electrons. The Morgan fingerprint density at radius 3 is 2.76 bits per heavy atom. The van der Waals surface area contributed by atoms with Gasteiger partial charge in [-0.05, 0) is 12.0 Å². The van der Waals surface area contributed by atoms with Crippen molar-refractivity contribution in [1.82, 2.24) is 0 Å². The molecule has 0 aromatic heterocycles. The molecular weight excluding hydrogens is 222 g/mol. The number of nitrogens with zero attached hydrogens (tertiary/aromatic N) is 1. The molecule has 1 atom stereocenters. The van der Waals surface area contributed by atoms with E-state index in [-0.39, 0.29) is 17.5 Å². The predicted octanol–water partition coefficient (Wildman–Crippen LogP) is 1.07. The van der Waals surface area contributed by atoms with Crippen LogP contribution in [0.1, 0.15) is 34.0 Å². The lowest BCUT2D eigenvalue weighted by molar-refractivity contribution is -0.147. The largest absolute Gasteiger partial charge is 0.479 e. The lowest BCUT2D eigenvalue weighted by Crippen LogP contribution is -2.15. The Hall–Kier alpha value is -2.19. The van der Waals surface area contributed by atoms with Crippen molar-refractivity contribution in [3.8, 4) is 6.07 Å². The molecule has 1 unspecified atom stereocenters. The number of carboxylic acids is 1. The van der Waals surface area contributed by atoms with Crippen molar-refractivity contribution in [1.29, 1.82) is 5.26 Å². The number of nitriles is 1. The average molecular weight is 233 g/mol. The summed E-state index contributed by atoms with van der Waals surface area (Å²) in [5.74, 6) is -1.42. The van der Waals surface area contributed by atoms with Gasteiger partial charge >= 0.3 is 5.97 Å². The highest BCUT2D eigenvalue weighted by molar-refractivity contribution is 5.83. The maximum atomic E-state index is 10.8. The zero-order valence-electron chi connectivity index (χ0n) is 8.96. The fraction of sp³-hybridized carbons (Fsp3) is 0.250. The topological polar surface area (TPSA) is 98.4 Å². The summed E-state index contributed by atoms with van der Waals surface area (Å²) in [5, 5.41) is 26.8. The molecule has 5 nitrogen and oxygen atoms in total. The second-order valence-corrected chi connectivity index (χ2v) is 3.44. The molecule has 0 heterocycles. The molecule has 0 saturated carbocycles. The Morgan fingerprint density at radius 1 is 1.53 bits per heavy atom. The van der Waals surface area contributed by atoms with E-state index in [1.54, 1.807) is 12.1 Å². The summed E-state index contributed by atoms with van der Waals surface area (Å²) >= 11 is 0. The van der Waals surface area contributed by atoms with Gasteiger partial charge in [0.15, 0.2) is 6.10 Å². The van der Waals surface area contributed by atoms with E-state index in [2.05, 4.69) is 0 Å². The zero-order chi connectivity index (χ0) is 12.8. The van der Waals surface area contributed by atoms with Gasteiger partial charge in [0, 0.05) is 17.5 Å². The second kappa shape index (κ2) is 5.77. The number of aliphatic carboxylic acids is 1. The van der Waals surface area contributed by atoms with Crippen LogP contribution in [0.2, 0.25) is 0 Å². The molecule has 5 heteroatoms. The minimum absolute atomic E-state index is 0.0743. The van der Waals surface area contributed by atoms with Gasteiger partial charge in [-0.25, -0.2) is 4.79 Å². The maximum Gasteiger partial charge on any atom is 0.337 e. The average Bonchev–Trinajstić information content (AvgIpc) is 2.34. The van der Waals surface area contributed by atoms with Crippen molar-refractivity contribution >= 4 is 12.3 Å². The molecule has 0 amide bonds. The molecule has 1 rings (SSSR count). The number of hydrogen-bond acceptors (Lipinski definition) is 4. The number of carbonyl (C=O) groups excluding carboxylic acids is 1. The molecular formula is C12H11NO4. The first kappa shape index (κ1) is 12.9. The molecule has 0 aliphatic rings. The first-order valence-electron chi connectivity index (χ1n) is 4.96. The van der Waals surface area contributed by atoms with Crippen LogP contribution in [0, 0.1) is 11.3 Å². The molecule has 0 saturated heterocycles. The van der Waals surface area contributed by atoms with Crippen LogP contribution in [0.3, 0.4) is 0 Å². The van der Waals surface area contributed by atoms with Gasteiger partial charge in [0.2, 0.25) is 0 Å². The number of benzene rings is 1. The first-order valence-corrected chi connectivity index (χ1v) is 4.96. The number of carboxylic acid groups (broad SMARTS) is 1. The van der Waals surface area contributed by atoms with E-state index >= 15 is 0 Å². The van der Waals surface area contributed by atoms with Crippen LogP contribution in [0.5, 0.6) is 0 Å². The van der Waals surface area contributed by atoms with Crippen LogP contribution in [0.25, 0.3) is 0 Å². The third kappa shape index (κ3) is 2.89. The van der Waals surface area contributed by atoms with Crippen molar-refractivity contribution in [2.24, 2.45) is 0 Å². The molecule has 0 fully saturated rings. The Balaban J connectivity index is 3.25. The molecule has 17 heavy (non-hydrogen) atoms. The Kier molecular flexibility index (Phi) is 4.37. The highest BCUT2D eigenvalue weighted by atomic mass is 16.4. The highest BCUT2D eigenvalue weighted by Gasteiger charge is 2.22. The van der Waals surface area contributed by atoms with Crippen LogP contribution < -0.4 is 0 Å². The molecule has 0 aliphatic heterocycles. The predicted molar refractivity (Wildman–Crippen MR) is 58.4 cm³/mol. The quantitative estimate of drug-likeness (QED) is 0.741. The number of aryl methyl sites for hydroxylation is 1. The summed E-state index contributed by atoms with van der Waals surface area (Å²) < 4.78 is 0. The van der Waals surface area contributed by atoms with Gasteiger partial charge in [0.1, 0.15) is 6.29 Å². The van der Waals surface area contributed by atoms with Crippen LogP contribution in [0.4, 0.5) is 0 Å². The van der Waals surface area contributed by atoms with E-state index in [0.29, 0.717) is 18.3 Å². The van der Waals surface area contributed by atoms with Crippen LogP contribution in [-0.4, -0.2) is 22.5 Å². The zero-order valence-corrected chi connectivity index (χ0v) is 8.96. The third-order valence-electron chi connectivity index (χ3n) is 2.37. The van der Waals surface area contributed by atoms with Crippen molar-refractivity contribution < 1.29 is 19.8 Å². The van der Waals surface area contributed by atoms with E-state index < -0.39 is 12.1 Å². The molecule has 0 bridgehead atoms. The number of aliphatic hydroxyl groups is 1. The van der Waals surface area contributed by atoms with Gasteiger partial charge in [-0.2, -0.15) is 5.26 Å². The van der Waals surface area contributed by atoms with Gasteiger partial charge in [0.25, 0.3) is 0 Å². The van der Waals surface area contributed by atoms with Crippen molar-refractivity contribution in [2.45, 2.75) is 18.9 Å². The molecule has 2 N–H and O–H groups in total. The summed E-state index contributed by atoms with van der Waals surface area (Å²) in [7, 11) is 0. The summed E-state index contributed by atoms with van der Waals surface area (Å²) in [5.41, 5.74) is 0.714. The minimum Gasteiger partial charge on any atom is -0.479 e. The van der Waals surface area contributed by atoms with Gasteiger partial charge < -0.3 is 10.2 Å². The van der Waals surface area contributed by atoms with E-state index in [9.17, 15) is 14.7 Å². The first-order chi connectivity index (χ1) is 8.11. The summed E-state index contributed by atoms with van der Waals surface area (Å²) in [6, 6.07) is 6.56. The second-order valence-electron chi connectivity index (χ2n) is 3.44. The van der Waals surface area contributed by atoms with E-state index in [1.807, 2.05) is 6.07 Å². The van der Waals surface area contributed by atoms with Crippen LogP contribution in [-0.2, 0) is 11.2 Å². The van der Waals surface area contributed by atoms with Gasteiger partial charge in [-0.3, -0.25) is 4.79 Å². The monoisotopic (exact) mass is 233 g/mol. The fourth-order valence-corrected chi connectivity index (χ4v) is 1.60. The number of rotatable bonds is 5. The van der Waals surface area contributed by atoms with E-state index in [1.165, 1.54) is 6.07 Å². The molecule has 0 spiro atoms. The maximum absolute atomic E-state index is 10.8. The van der Waals surface area contributed by atoms with Crippen molar-refractivity contribution in [3.63, 3.8) is 0 Å². The number of carbonyl (C=O) groups is 2. The number of aldehydes is 1. The van der Waals surface area contributed by atoms with Gasteiger partial charge in [0.05, 0.1) is 6.07 Å². The molecule has 1 aromatic rings. The van der Waals surface area contributed by atoms with Crippen LogP contribution >= 0.6 is 0 Å². The lowest BCUT2D eigenvalue weighted by Gasteiger charge is -2.13. The smallest absolute Gasteiger partial charge is 0.337 e. The standard InChI is InChI=1S/C12H11NO4/c13-6-2-5-8-3-1-4-9(7-14)10(8)11(15)12(16)17/h1,3-4,7,11,15H,2,5H2,(H,16,17). The summed E-state index contributed by atoms with van der Waals surface area (Å²) in [4.78, 5) is 21.6. The lowest BCUT2D eigenvalue weighted by atomic mass is 9.94. The van der Waals surface area contributed by atoms with E-state index in [0.717, 1.165) is 0 Å². The Labute approximate surface area is 97.9 Å². The highest BCUT2D eigenvalue weighted by Crippen LogP contribution is 2.23. The Bertz CT molecular complexity index is 476. The summed E-state index contributed by atoms with van der Waals surface area (Å²) in [6.45, 7) is 0. The van der Waals surface area contributed by atoms with E-state index in [4.69, 9.17) is 10.4 Å². The number of hydrogen-bond donors (Lipinski definition) is 2. The van der Waals surface area contributed by atoms with Crippen molar-refractivity contribution in [3.05, 3.63) is 34.9 Å². The van der Waals surface area contributed by atoms with Gasteiger partial charge in [-0.1, -0.05) is 18.2 Å².